The van der Waals surface area contributed by atoms with Gasteiger partial charge in [0.1, 0.15) is 4.90 Å². The fourth-order valence-corrected chi connectivity index (χ4v) is 2.36. The smallest absolute Gasteiger partial charge is 0.235 e. The molecule has 0 atom stereocenters. The van der Waals surface area contributed by atoms with Crippen LogP contribution in [0.5, 0.6) is 11.5 Å². The van der Waals surface area contributed by atoms with Gasteiger partial charge in [-0.05, 0) is 6.07 Å². The van der Waals surface area contributed by atoms with E-state index in [2.05, 4.69) is 4.99 Å². The molecule has 0 aromatic heterocycles. The largest absolute Gasteiger partial charge is 0.492 e. The monoisotopic (exact) mass is 271 g/mol. The van der Waals surface area contributed by atoms with Crippen molar-refractivity contribution in [3.8, 4) is 11.5 Å². The van der Waals surface area contributed by atoms with Crippen LogP contribution in [0.1, 0.15) is 5.56 Å². The van der Waals surface area contributed by atoms with E-state index >= 15 is 0 Å². The van der Waals surface area contributed by atoms with E-state index in [1.807, 2.05) is 0 Å². The van der Waals surface area contributed by atoms with Crippen molar-refractivity contribution in [1.29, 1.82) is 0 Å². The maximum atomic E-state index is 11.6. The summed E-state index contributed by atoms with van der Waals surface area (Å²) in [6, 6.07) is 2.92. The Morgan fingerprint density at radius 3 is 2.28 bits per heavy atom. The van der Waals surface area contributed by atoms with E-state index in [4.69, 9.17) is 9.47 Å². The van der Waals surface area contributed by atoms with Gasteiger partial charge < -0.3 is 9.47 Å². The second-order valence-corrected chi connectivity index (χ2v) is 5.45. The van der Waals surface area contributed by atoms with Gasteiger partial charge in [0.2, 0.25) is 6.08 Å². The van der Waals surface area contributed by atoms with Crippen LogP contribution in [0, 0.1) is 0 Å². The van der Waals surface area contributed by atoms with Gasteiger partial charge >= 0.3 is 0 Å². The van der Waals surface area contributed by atoms with Crippen LogP contribution in [0.15, 0.2) is 22.0 Å². The Balaban J connectivity index is 3.50. The third-order valence-corrected chi connectivity index (χ3v) is 3.40. The highest BCUT2D eigenvalue weighted by molar-refractivity contribution is 7.90. The Bertz CT molecular complexity index is 588. The lowest BCUT2D eigenvalue weighted by molar-refractivity contribution is 0.344. The molecular formula is C11H13NO5S. The molecular weight excluding hydrogens is 258 g/mol. The van der Waals surface area contributed by atoms with E-state index in [9.17, 15) is 13.2 Å². The van der Waals surface area contributed by atoms with E-state index in [-0.39, 0.29) is 22.9 Å². The standard InChI is InChI=1S/C11H13NO5S/c1-16-10-8(6-12-7-13)4-5-9(11(10)17-2)18(3,14)15/h4-5H,6H2,1-3H3. The first-order chi connectivity index (χ1) is 8.45. The number of methoxy groups -OCH3 is 2. The maximum absolute atomic E-state index is 11.6. The first kappa shape index (κ1) is 14.2. The third kappa shape index (κ3) is 2.88. The molecule has 1 aromatic rings. The maximum Gasteiger partial charge on any atom is 0.235 e. The fourth-order valence-electron chi connectivity index (χ4n) is 1.54. The van der Waals surface area contributed by atoms with Crippen LogP contribution < -0.4 is 9.47 Å². The highest BCUT2D eigenvalue weighted by Gasteiger charge is 2.21. The van der Waals surface area contributed by atoms with Gasteiger partial charge in [-0.15, -0.1) is 0 Å². The van der Waals surface area contributed by atoms with E-state index in [1.54, 1.807) is 0 Å². The minimum absolute atomic E-state index is 0.0284. The van der Waals surface area contributed by atoms with E-state index < -0.39 is 9.84 Å². The molecule has 98 valence electrons. The topological polar surface area (TPSA) is 82.0 Å². The predicted octanol–water partition coefficient (Wildman–Crippen LogP) is 0.943. The minimum Gasteiger partial charge on any atom is -0.492 e. The number of hydrogen-bond donors (Lipinski definition) is 0. The van der Waals surface area contributed by atoms with Crippen LogP contribution in [0.2, 0.25) is 0 Å². The van der Waals surface area contributed by atoms with Crippen LogP contribution >= 0.6 is 0 Å². The summed E-state index contributed by atoms with van der Waals surface area (Å²) < 4.78 is 33.4. The molecule has 1 rings (SSSR count). The van der Waals surface area contributed by atoms with E-state index in [0.29, 0.717) is 5.56 Å². The molecule has 1 aromatic carbocycles. The summed E-state index contributed by atoms with van der Waals surface area (Å²) in [7, 11) is -0.695. The molecule has 0 saturated carbocycles. The van der Waals surface area contributed by atoms with Gasteiger partial charge in [0.25, 0.3) is 0 Å². The molecule has 0 radical (unpaired) electrons. The summed E-state index contributed by atoms with van der Waals surface area (Å²) in [4.78, 5) is 13.6. The Labute approximate surface area is 105 Å². The number of ether oxygens (including phenoxy) is 2. The zero-order chi connectivity index (χ0) is 13.8. The number of carbonyl (C=O) groups excluding carboxylic acids is 1. The van der Waals surface area contributed by atoms with Gasteiger partial charge in [-0.25, -0.2) is 18.2 Å². The molecule has 0 aliphatic carbocycles. The summed E-state index contributed by atoms with van der Waals surface area (Å²) in [6.45, 7) is 0.0487. The molecule has 0 aliphatic heterocycles. The number of nitrogens with zero attached hydrogens (tertiary/aromatic N) is 1. The zero-order valence-corrected chi connectivity index (χ0v) is 11.1. The molecule has 7 heteroatoms. The third-order valence-electron chi connectivity index (χ3n) is 2.28. The van der Waals surface area contributed by atoms with Crippen LogP contribution in [0.25, 0.3) is 0 Å². The number of benzene rings is 1. The lowest BCUT2D eigenvalue weighted by Gasteiger charge is -2.14. The fraction of sp³-hybridized carbons (Fsp3) is 0.364. The van der Waals surface area contributed by atoms with Crippen LogP contribution in [-0.4, -0.2) is 35.0 Å². The molecule has 0 aliphatic rings. The molecule has 0 saturated heterocycles. The van der Waals surface area contributed by atoms with Crippen molar-refractivity contribution < 1.29 is 22.7 Å². The first-order valence-corrected chi connectivity index (χ1v) is 6.82. The number of aliphatic imine (C=N–C) groups is 1. The number of sulfone groups is 1. The first-order valence-electron chi connectivity index (χ1n) is 4.93. The summed E-state index contributed by atoms with van der Waals surface area (Å²) in [5.41, 5.74) is 0.546. The molecule has 18 heavy (non-hydrogen) atoms. The minimum atomic E-state index is -3.43. The van der Waals surface area contributed by atoms with Crippen LogP contribution in [-0.2, 0) is 21.2 Å². The van der Waals surface area contributed by atoms with Gasteiger partial charge in [-0.3, -0.25) is 0 Å². The normalized spacial score (nSPS) is 10.6. The number of isocyanates is 1. The molecule has 6 nitrogen and oxygen atoms in total. The lowest BCUT2D eigenvalue weighted by atomic mass is 10.2. The number of rotatable bonds is 5. The van der Waals surface area contributed by atoms with Crippen molar-refractivity contribution in [2.24, 2.45) is 4.99 Å². The van der Waals surface area contributed by atoms with Crippen LogP contribution in [0.3, 0.4) is 0 Å². The second kappa shape index (κ2) is 5.66. The lowest BCUT2D eigenvalue weighted by Crippen LogP contribution is -2.04. The molecule has 0 fully saturated rings. The van der Waals surface area contributed by atoms with Crippen molar-refractivity contribution in [2.45, 2.75) is 11.4 Å². The van der Waals surface area contributed by atoms with Crippen molar-refractivity contribution >= 4 is 15.9 Å². The van der Waals surface area contributed by atoms with Gasteiger partial charge in [-0.1, -0.05) is 6.07 Å². The summed E-state index contributed by atoms with van der Waals surface area (Å²) in [5, 5.41) is 0. The molecule has 0 bridgehead atoms. The van der Waals surface area contributed by atoms with Gasteiger partial charge in [0, 0.05) is 11.8 Å². The van der Waals surface area contributed by atoms with Crippen molar-refractivity contribution in [3.63, 3.8) is 0 Å². The average molecular weight is 271 g/mol. The molecule has 0 unspecified atom stereocenters. The van der Waals surface area contributed by atoms with Gasteiger partial charge in [0.05, 0.1) is 20.8 Å². The van der Waals surface area contributed by atoms with Crippen LogP contribution in [0.4, 0.5) is 0 Å². The summed E-state index contributed by atoms with van der Waals surface area (Å²) in [6.07, 6.45) is 2.49. The second-order valence-electron chi connectivity index (χ2n) is 3.47. The Morgan fingerprint density at radius 2 is 1.83 bits per heavy atom. The highest BCUT2D eigenvalue weighted by Crippen LogP contribution is 2.37. The molecule has 0 amide bonds. The molecule has 0 heterocycles. The average Bonchev–Trinajstić information content (AvgIpc) is 2.33. The Morgan fingerprint density at radius 1 is 1.22 bits per heavy atom. The Hall–Kier alpha value is -1.85. The predicted molar refractivity (Wildman–Crippen MR) is 64.5 cm³/mol. The van der Waals surface area contributed by atoms with Crippen molar-refractivity contribution in [1.82, 2.24) is 0 Å². The van der Waals surface area contributed by atoms with E-state index in [1.165, 1.54) is 32.4 Å². The Kier molecular flexibility index (Phi) is 4.47. The SMILES string of the molecule is COc1c(CN=C=O)ccc(S(C)(=O)=O)c1OC. The summed E-state index contributed by atoms with van der Waals surface area (Å²) in [5.74, 6) is 0.359. The number of hydrogen-bond acceptors (Lipinski definition) is 6. The van der Waals surface area contributed by atoms with E-state index in [0.717, 1.165) is 6.26 Å². The molecule has 0 spiro atoms. The highest BCUT2D eigenvalue weighted by atomic mass is 32.2. The van der Waals surface area contributed by atoms with Crippen molar-refractivity contribution in [3.05, 3.63) is 17.7 Å². The molecule has 0 N–H and O–H groups in total. The van der Waals surface area contributed by atoms with Crippen molar-refractivity contribution in [2.75, 3.05) is 20.5 Å². The quantitative estimate of drug-likeness (QED) is 0.588. The zero-order valence-electron chi connectivity index (χ0n) is 10.3. The van der Waals surface area contributed by atoms with Gasteiger partial charge in [0.15, 0.2) is 21.3 Å². The van der Waals surface area contributed by atoms with Gasteiger partial charge in [-0.2, -0.15) is 0 Å². The summed E-state index contributed by atoms with van der Waals surface area (Å²) >= 11 is 0.